The number of fused-ring (bicyclic) bond motifs is 10. The van der Waals surface area contributed by atoms with Crippen LogP contribution < -0.4 is 5.32 Å². The van der Waals surface area contributed by atoms with Crippen molar-refractivity contribution in [3.05, 3.63) is 57.8 Å². The zero-order chi connectivity index (χ0) is 27.3. The van der Waals surface area contributed by atoms with Gasteiger partial charge in [-0.25, -0.2) is 4.98 Å². The molecule has 2 amide bonds. The number of carbonyl (C=O) groups is 2. The number of amides is 2. The number of carbonyl (C=O) groups excluding carboxylic acids is 2. The molecule has 6 N–H and O–H groups in total. The van der Waals surface area contributed by atoms with Gasteiger partial charge in [0.15, 0.2) is 6.23 Å². The number of non-ortho nitro benzene ring substituents is 1. The third-order valence-corrected chi connectivity index (χ3v) is 7.54. The molecule has 198 valence electrons. The Balaban J connectivity index is 1.70. The monoisotopic (exact) mass is 533 g/mol. The number of nitrogens with zero attached hydrogens (tertiary/aromatic N) is 3. The lowest BCUT2D eigenvalue weighted by molar-refractivity contribution is -0.384. The van der Waals surface area contributed by atoms with Crippen molar-refractivity contribution in [2.24, 2.45) is 0 Å². The zero-order valence-corrected chi connectivity index (χ0v) is 19.7. The summed E-state index contributed by atoms with van der Waals surface area (Å²) in [4.78, 5) is 44.9. The van der Waals surface area contributed by atoms with E-state index in [0.717, 1.165) is 0 Å². The molecule has 14 heteroatoms. The summed E-state index contributed by atoms with van der Waals surface area (Å²) in [5.74, 6) is -1.36. The van der Waals surface area contributed by atoms with Crippen LogP contribution >= 0.6 is 0 Å². The second-order valence-electron chi connectivity index (χ2n) is 9.58. The highest BCUT2D eigenvalue weighted by atomic mass is 16.6. The van der Waals surface area contributed by atoms with Gasteiger partial charge in [0.25, 0.3) is 17.5 Å². The van der Waals surface area contributed by atoms with Gasteiger partial charge in [-0.05, 0) is 18.2 Å². The number of nitro benzene ring substituents is 1. The number of hydrogen-bond donors (Lipinski definition) is 6. The van der Waals surface area contributed by atoms with Crippen LogP contribution in [0.1, 0.15) is 26.9 Å². The first-order valence-electron chi connectivity index (χ1n) is 11.9. The van der Waals surface area contributed by atoms with Gasteiger partial charge in [0, 0.05) is 45.4 Å². The Morgan fingerprint density at radius 1 is 1.03 bits per heavy atom. The lowest BCUT2D eigenvalue weighted by atomic mass is 9.96. The molecule has 7 rings (SSSR count). The Morgan fingerprint density at radius 3 is 2.49 bits per heavy atom. The number of aromatic amines is 1. The van der Waals surface area contributed by atoms with E-state index >= 15 is 0 Å². The van der Waals surface area contributed by atoms with Crippen LogP contribution in [-0.4, -0.2) is 82.7 Å². The molecule has 2 aliphatic heterocycles. The van der Waals surface area contributed by atoms with E-state index in [4.69, 9.17) is 4.74 Å². The minimum Gasteiger partial charge on any atom is -0.394 e. The third kappa shape index (κ3) is 2.99. The van der Waals surface area contributed by atoms with Crippen molar-refractivity contribution >= 4 is 61.2 Å². The lowest BCUT2D eigenvalue weighted by Crippen LogP contribution is -2.56. The summed E-state index contributed by atoms with van der Waals surface area (Å²) in [6.45, 7) is -0.663. The smallest absolute Gasteiger partial charge is 0.270 e. The molecule has 1 fully saturated rings. The summed E-state index contributed by atoms with van der Waals surface area (Å²) in [5, 5.41) is 56.9. The molecule has 1 saturated heterocycles. The second-order valence-corrected chi connectivity index (χ2v) is 9.58. The summed E-state index contributed by atoms with van der Waals surface area (Å²) < 4.78 is 7.31. The Hall–Kier alpha value is -4.47. The number of pyridine rings is 1. The maximum absolute atomic E-state index is 13.2. The van der Waals surface area contributed by atoms with Gasteiger partial charge in [0.1, 0.15) is 30.1 Å². The zero-order valence-electron chi connectivity index (χ0n) is 19.7. The SMILES string of the molecule is O=C1NC(=O)c2c1c1c3cc([N+](=O)[O-])ccc3[nH]c1c1c2c2cccnc2n1C1O[C@H](CO)[C@@H](O)[C@H](O)[C@H]1O. The molecule has 39 heavy (non-hydrogen) atoms. The Bertz CT molecular complexity index is 1910. The van der Waals surface area contributed by atoms with Crippen molar-refractivity contribution in [3.63, 3.8) is 0 Å². The summed E-state index contributed by atoms with van der Waals surface area (Å²) in [7, 11) is 0. The average molecular weight is 533 g/mol. The highest BCUT2D eigenvalue weighted by Gasteiger charge is 2.46. The standard InChI is InChI=1S/C25H19N5O9/c31-7-12-19(32)20(33)21(34)25(39-12)29-18-14(9-2-1-5-26-22(9)29)16-15(23(35)28-24(16)36)13-10-6-8(30(37)38)3-4-11(10)27-17(13)18/h1-6,12,19-21,25,27,31-34H,7H2,(H,28,35,36)/t12-,19-,20+,21-,25?/m1/s1. The van der Waals surface area contributed by atoms with Crippen LogP contribution in [0.5, 0.6) is 0 Å². The molecular formula is C25H19N5O9. The minimum atomic E-state index is -1.70. The van der Waals surface area contributed by atoms with Gasteiger partial charge >= 0.3 is 0 Å². The van der Waals surface area contributed by atoms with Crippen LogP contribution in [0.2, 0.25) is 0 Å². The topological polar surface area (TPSA) is 213 Å². The number of hydrogen-bond acceptors (Lipinski definition) is 10. The van der Waals surface area contributed by atoms with Crippen molar-refractivity contribution < 1.29 is 39.7 Å². The Morgan fingerprint density at radius 2 is 1.77 bits per heavy atom. The number of aromatic nitrogens is 3. The molecule has 14 nitrogen and oxygen atoms in total. The Labute approximate surface area is 216 Å². The van der Waals surface area contributed by atoms with Crippen LogP contribution in [0, 0.1) is 10.1 Å². The predicted octanol–water partition coefficient (Wildman–Crippen LogP) is 0.588. The van der Waals surface area contributed by atoms with Crippen LogP contribution in [0.25, 0.3) is 43.7 Å². The minimum absolute atomic E-state index is 0.0243. The molecule has 0 aliphatic carbocycles. The normalized spacial score (nSPS) is 25.2. The van der Waals surface area contributed by atoms with Gasteiger partial charge < -0.3 is 30.1 Å². The first-order valence-corrected chi connectivity index (χ1v) is 11.9. The number of rotatable bonds is 3. The van der Waals surface area contributed by atoms with E-state index in [9.17, 15) is 40.1 Å². The molecule has 5 aromatic rings. The summed E-state index contributed by atoms with van der Waals surface area (Å²) in [6.07, 6.45) is -6.14. The van der Waals surface area contributed by atoms with E-state index < -0.39 is 54.0 Å². The summed E-state index contributed by atoms with van der Waals surface area (Å²) in [6, 6.07) is 7.38. The van der Waals surface area contributed by atoms with Crippen molar-refractivity contribution in [1.29, 1.82) is 0 Å². The predicted molar refractivity (Wildman–Crippen MR) is 134 cm³/mol. The van der Waals surface area contributed by atoms with Crippen LogP contribution in [0.4, 0.5) is 5.69 Å². The number of aliphatic hydroxyl groups excluding tert-OH is 4. The van der Waals surface area contributed by atoms with E-state index in [1.807, 2.05) is 0 Å². The molecule has 2 aliphatic rings. The first-order chi connectivity index (χ1) is 18.7. The van der Waals surface area contributed by atoms with Crippen LogP contribution in [0.15, 0.2) is 36.5 Å². The van der Waals surface area contributed by atoms with Gasteiger partial charge in [-0.2, -0.15) is 0 Å². The molecule has 0 saturated carbocycles. The largest absolute Gasteiger partial charge is 0.394 e. The van der Waals surface area contributed by atoms with Crippen molar-refractivity contribution in [1.82, 2.24) is 19.9 Å². The number of nitro groups is 1. The maximum Gasteiger partial charge on any atom is 0.270 e. The molecule has 5 heterocycles. The third-order valence-electron chi connectivity index (χ3n) is 7.54. The van der Waals surface area contributed by atoms with E-state index in [0.29, 0.717) is 27.2 Å². The summed E-state index contributed by atoms with van der Waals surface area (Å²) in [5.41, 5.74) is 1.07. The molecular weight excluding hydrogens is 514 g/mol. The fourth-order valence-corrected chi connectivity index (χ4v) is 5.84. The number of ether oxygens (including phenoxy) is 1. The molecule has 0 bridgehead atoms. The van der Waals surface area contributed by atoms with Gasteiger partial charge in [0.05, 0.1) is 33.7 Å². The second kappa shape index (κ2) is 8.02. The number of nitrogens with one attached hydrogen (secondary N) is 2. The molecule has 2 aromatic carbocycles. The number of H-pyrrole nitrogens is 1. The van der Waals surface area contributed by atoms with Gasteiger partial charge in [-0.1, -0.05) is 0 Å². The van der Waals surface area contributed by atoms with Gasteiger partial charge in [0.2, 0.25) is 0 Å². The fraction of sp³-hybridized carbons (Fsp3) is 0.240. The van der Waals surface area contributed by atoms with E-state index in [-0.39, 0.29) is 33.4 Å². The van der Waals surface area contributed by atoms with E-state index in [2.05, 4.69) is 15.3 Å². The molecule has 5 atom stereocenters. The average Bonchev–Trinajstić information content (AvgIpc) is 3.56. The lowest BCUT2D eigenvalue weighted by Gasteiger charge is -2.40. The van der Waals surface area contributed by atoms with Crippen molar-refractivity contribution in [3.8, 4) is 0 Å². The first kappa shape index (κ1) is 23.6. The molecule has 1 unspecified atom stereocenters. The molecule has 0 spiro atoms. The van der Waals surface area contributed by atoms with Crippen LogP contribution in [-0.2, 0) is 4.74 Å². The highest BCUT2D eigenvalue weighted by molar-refractivity contribution is 6.39. The molecule has 0 radical (unpaired) electrons. The maximum atomic E-state index is 13.2. The molecule has 3 aromatic heterocycles. The van der Waals surface area contributed by atoms with Gasteiger partial charge in [-0.3, -0.25) is 29.6 Å². The van der Waals surface area contributed by atoms with Crippen molar-refractivity contribution in [2.75, 3.05) is 6.61 Å². The van der Waals surface area contributed by atoms with Crippen LogP contribution in [0.3, 0.4) is 0 Å². The number of benzene rings is 2. The van der Waals surface area contributed by atoms with Gasteiger partial charge in [-0.15, -0.1) is 0 Å². The fourth-order valence-electron chi connectivity index (χ4n) is 5.84. The van der Waals surface area contributed by atoms with Crippen molar-refractivity contribution in [2.45, 2.75) is 30.6 Å². The number of imide groups is 1. The van der Waals surface area contributed by atoms with E-state index in [1.165, 1.54) is 29.0 Å². The van der Waals surface area contributed by atoms with E-state index in [1.54, 1.807) is 12.1 Å². The summed E-state index contributed by atoms with van der Waals surface area (Å²) >= 11 is 0. The highest BCUT2D eigenvalue weighted by Crippen LogP contribution is 2.46. The number of aliphatic hydroxyl groups is 4. The quantitative estimate of drug-likeness (QED) is 0.108. The Kier molecular flexibility index (Phi) is 4.86.